The Hall–Kier alpha value is -2.43. The van der Waals surface area contributed by atoms with Crippen molar-refractivity contribution >= 4 is 11.5 Å². The Morgan fingerprint density at radius 3 is 2.32 bits per heavy atom. The molecular formula is C14H15N3O2. The summed E-state index contributed by atoms with van der Waals surface area (Å²) < 4.78 is 0. The molecule has 2 aromatic rings. The molecule has 1 heterocycles. The summed E-state index contributed by atoms with van der Waals surface area (Å²) in [5, 5.41) is 11.0. The van der Waals surface area contributed by atoms with Gasteiger partial charge in [-0.15, -0.1) is 0 Å². The molecule has 0 unspecified atom stereocenters. The quantitative estimate of drug-likeness (QED) is 0.675. The number of pyridine rings is 1. The Morgan fingerprint density at radius 2 is 1.79 bits per heavy atom. The molecule has 0 amide bonds. The Bertz CT molecular complexity index is 607. The minimum atomic E-state index is -0.446. The maximum Gasteiger partial charge on any atom is 0.295 e. The molecule has 0 saturated carbocycles. The van der Waals surface area contributed by atoms with Gasteiger partial charge in [0.25, 0.3) is 5.69 Å². The minimum Gasteiger partial charge on any atom is -0.384 e. The topological polar surface area (TPSA) is 82.0 Å². The molecule has 19 heavy (non-hydrogen) atoms. The number of hydrogen-bond acceptors (Lipinski definition) is 4. The van der Waals surface area contributed by atoms with Crippen molar-refractivity contribution < 1.29 is 4.92 Å². The van der Waals surface area contributed by atoms with E-state index in [0.29, 0.717) is 17.2 Å². The highest BCUT2D eigenvalue weighted by Gasteiger charge is 2.17. The van der Waals surface area contributed by atoms with Crippen molar-refractivity contribution in [1.29, 1.82) is 0 Å². The summed E-state index contributed by atoms with van der Waals surface area (Å²) in [4.78, 5) is 14.6. The molecule has 0 spiro atoms. The number of anilines is 1. The summed E-state index contributed by atoms with van der Waals surface area (Å²) in [6.07, 6.45) is 0. The number of nitrogen functional groups attached to an aromatic ring is 1. The van der Waals surface area contributed by atoms with Crippen molar-refractivity contribution in [2.45, 2.75) is 19.8 Å². The van der Waals surface area contributed by atoms with Gasteiger partial charge in [-0.05, 0) is 17.5 Å². The average molecular weight is 257 g/mol. The third kappa shape index (κ3) is 2.70. The molecular weight excluding hydrogens is 242 g/mol. The number of rotatable bonds is 3. The summed E-state index contributed by atoms with van der Waals surface area (Å²) in [7, 11) is 0. The molecule has 5 nitrogen and oxygen atoms in total. The van der Waals surface area contributed by atoms with Crippen LogP contribution in [-0.4, -0.2) is 9.91 Å². The Labute approximate surface area is 111 Å². The van der Waals surface area contributed by atoms with Crippen molar-refractivity contribution in [1.82, 2.24) is 4.98 Å². The van der Waals surface area contributed by atoms with E-state index in [1.54, 1.807) is 0 Å². The fraction of sp³-hybridized carbons (Fsp3) is 0.214. The third-order valence-electron chi connectivity index (χ3n) is 2.94. The summed E-state index contributed by atoms with van der Waals surface area (Å²) in [5.41, 5.74) is 7.75. The Balaban J connectivity index is 2.51. The van der Waals surface area contributed by atoms with Gasteiger partial charge in [0.2, 0.25) is 0 Å². The second-order valence-electron chi connectivity index (χ2n) is 4.64. The maximum absolute atomic E-state index is 11.0. The second-order valence-corrected chi connectivity index (χ2v) is 4.64. The highest BCUT2D eigenvalue weighted by Crippen LogP contribution is 2.29. The fourth-order valence-electron chi connectivity index (χ4n) is 1.85. The largest absolute Gasteiger partial charge is 0.384 e. The first-order valence-electron chi connectivity index (χ1n) is 6.00. The Kier molecular flexibility index (Phi) is 3.46. The lowest BCUT2D eigenvalue weighted by Crippen LogP contribution is -1.98. The van der Waals surface area contributed by atoms with Gasteiger partial charge in [0.15, 0.2) is 5.69 Å². The van der Waals surface area contributed by atoms with E-state index in [0.717, 1.165) is 0 Å². The summed E-state index contributed by atoms with van der Waals surface area (Å²) >= 11 is 0. The van der Waals surface area contributed by atoms with E-state index in [1.807, 2.05) is 24.3 Å². The van der Waals surface area contributed by atoms with E-state index in [2.05, 4.69) is 18.8 Å². The van der Waals surface area contributed by atoms with Gasteiger partial charge in [0.1, 0.15) is 5.82 Å². The number of benzene rings is 1. The van der Waals surface area contributed by atoms with Gasteiger partial charge in [0.05, 0.1) is 4.92 Å². The molecule has 98 valence electrons. The number of nitrogens with two attached hydrogens (primary N) is 1. The summed E-state index contributed by atoms with van der Waals surface area (Å²) in [6, 6.07) is 10.4. The molecule has 0 radical (unpaired) electrons. The van der Waals surface area contributed by atoms with Gasteiger partial charge in [-0.25, -0.2) is 4.98 Å². The van der Waals surface area contributed by atoms with Crippen LogP contribution in [0, 0.1) is 10.1 Å². The van der Waals surface area contributed by atoms with Crippen LogP contribution < -0.4 is 5.73 Å². The normalized spacial score (nSPS) is 10.7. The highest BCUT2D eigenvalue weighted by atomic mass is 16.6. The molecule has 0 atom stereocenters. The first kappa shape index (κ1) is 13.0. The van der Waals surface area contributed by atoms with Gasteiger partial charge < -0.3 is 5.73 Å². The van der Waals surface area contributed by atoms with Crippen LogP contribution in [0.15, 0.2) is 36.4 Å². The van der Waals surface area contributed by atoms with Crippen molar-refractivity contribution in [2.24, 2.45) is 0 Å². The SMILES string of the molecule is CC(C)c1ccc(-c2nc(N)ccc2[N+](=O)[O-])cc1. The Morgan fingerprint density at radius 1 is 1.16 bits per heavy atom. The molecule has 5 heteroatoms. The molecule has 0 saturated heterocycles. The third-order valence-corrected chi connectivity index (χ3v) is 2.94. The lowest BCUT2D eigenvalue weighted by molar-refractivity contribution is -0.384. The van der Waals surface area contributed by atoms with Crippen molar-refractivity contribution in [3.63, 3.8) is 0 Å². The molecule has 0 fully saturated rings. The van der Waals surface area contributed by atoms with Crippen molar-refractivity contribution in [3.8, 4) is 11.3 Å². The van der Waals surface area contributed by atoms with E-state index in [1.165, 1.54) is 17.7 Å². The molecule has 0 aliphatic heterocycles. The van der Waals surface area contributed by atoms with Crippen LogP contribution in [0.25, 0.3) is 11.3 Å². The first-order chi connectivity index (χ1) is 8.99. The first-order valence-corrected chi connectivity index (χ1v) is 6.00. The number of aromatic nitrogens is 1. The van der Waals surface area contributed by atoms with E-state index >= 15 is 0 Å². The van der Waals surface area contributed by atoms with Crippen LogP contribution >= 0.6 is 0 Å². The van der Waals surface area contributed by atoms with Gasteiger partial charge in [-0.2, -0.15) is 0 Å². The molecule has 0 aliphatic rings. The van der Waals surface area contributed by atoms with Crippen LogP contribution in [0.1, 0.15) is 25.3 Å². The van der Waals surface area contributed by atoms with Gasteiger partial charge in [-0.3, -0.25) is 10.1 Å². The number of nitrogens with zero attached hydrogens (tertiary/aromatic N) is 2. The molecule has 0 bridgehead atoms. The summed E-state index contributed by atoms with van der Waals surface area (Å²) in [5.74, 6) is 0.686. The number of nitro groups is 1. The van der Waals surface area contributed by atoms with E-state index < -0.39 is 4.92 Å². The lowest BCUT2D eigenvalue weighted by Gasteiger charge is -2.07. The standard InChI is InChI=1S/C14H15N3O2/c1-9(2)10-3-5-11(6-4-10)14-12(17(18)19)7-8-13(15)16-14/h3-9H,1-2H3,(H2,15,16). The van der Waals surface area contributed by atoms with Crippen LogP contribution in [0.5, 0.6) is 0 Å². The van der Waals surface area contributed by atoms with Crippen molar-refractivity contribution in [2.75, 3.05) is 5.73 Å². The molecule has 1 aromatic heterocycles. The fourth-order valence-corrected chi connectivity index (χ4v) is 1.85. The highest BCUT2D eigenvalue weighted by molar-refractivity contribution is 5.71. The van der Waals surface area contributed by atoms with E-state index in [9.17, 15) is 10.1 Å². The zero-order valence-corrected chi connectivity index (χ0v) is 10.8. The number of hydrogen-bond donors (Lipinski definition) is 1. The monoisotopic (exact) mass is 257 g/mol. The van der Waals surface area contributed by atoms with E-state index in [-0.39, 0.29) is 11.5 Å². The molecule has 0 aliphatic carbocycles. The average Bonchev–Trinajstić information content (AvgIpc) is 2.38. The predicted molar refractivity (Wildman–Crippen MR) is 74.8 cm³/mol. The van der Waals surface area contributed by atoms with Crippen molar-refractivity contribution in [3.05, 3.63) is 52.1 Å². The van der Waals surface area contributed by atoms with Gasteiger partial charge in [-0.1, -0.05) is 38.1 Å². The van der Waals surface area contributed by atoms with Gasteiger partial charge >= 0.3 is 0 Å². The predicted octanol–water partition coefficient (Wildman–Crippen LogP) is 3.36. The maximum atomic E-state index is 11.0. The van der Waals surface area contributed by atoms with Crippen LogP contribution in [-0.2, 0) is 0 Å². The molecule has 1 aromatic carbocycles. The summed E-state index contributed by atoms with van der Waals surface area (Å²) in [6.45, 7) is 4.19. The minimum absolute atomic E-state index is 0.0357. The smallest absolute Gasteiger partial charge is 0.295 e. The zero-order valence-electron chi connectivity index (χ0n) is 10.8. The van der Waals surface area contributed by atoms with Crippen LogP contribution in [0.2, 0.25) is 0 Å². The molecule has 2 N–H and O–H groups in total. The van der Waals surface area contributed by atoms with Crippen LogP contribution in [0.3, 0.4) is 0 Å². The molecule has 2 rings (SSSR count). The second kappa shape index (κ2) is 5.06. The van der Waals surface area contributed by atoms with Crippen LogP contribution in [0.4, 0.5) is 11.5 Å². The van der Waals surface area contributed by atoms with E-state index in [4.69, 9.17) is 5.73 Å². The lowest BCUT2D eigenvalue weighted by atomic mass is 10.0. The zero-order chi connectivity index (χ0) is 14.0. The van der Waals surface area contributed by atoms with Gasteiger partial charge in [0, 0.05) is 11.6 Å².